The summed E-state index contributed by atoms with van der Waals surface area (Å²) in [5.74, 6) is -0.913. The fraction of sp³-hybridized carbons (Fsp3) is 0.769. The molecule has 0 unspecified atom stereocenters. The highest BCUT2D eigenvalue weighted by molar-refractivity contribution is 5.71. The van der Waals surface area contributed by atoms with Gasteiger partial charge in [0.25, 0.3) is 0 Å². The van der Waals surface area contributed by atoms with E-state index in [0.717, 1.165) is 122 Å². The maximum atomic E-state index is 12.9. The van der Waals surface area contributed by atoms with Crippen LogP contribution >= 0.6 is 0 Å². The lowest BCUT2D eigenvalue weighted by molar-refractivity contribution is -0.167. The van der Waals surface area contributed by atoms with E-state index in [1.54, 1.807) is 0 Å². The summed E-state index contributed by atoms with van der Waals surface area (Å²) in [5, 5.41) is 0. The molecule has 0 rings (SSSR count). The van der Waals surface area contributed by atoms with Crippen molar-refractivity contribution in [3.05, 3.63) is 72.9 Å². The minimum atomic E-state index is -0.791. The summed E-state index contributed by atoms with van der Waals surface area (Å²) in [4.78, 5) is 38.2. The summed E-state index contributed by atoms with van der Waals surface area (Å²) in [6.45, 7) is 6.50. The van der Waals surface area contributed by atoms with E-state index in [2.05, 4.69) is 93.7 Å². The molecule has 0 aromatic heterocycles. The van der Waals surface area contributed by atoms with Crippen LogP contribution < -0.4 is 0 Å². The third-order valence-electron chi connectivity index (χ3n) is 13.2. The minimum absolute atomic E-state index is 0.0897. The molecule has 0 bridgehead atoms. The Kier molecular flexibility index (Phi) is 56.8. The molecule has 0 saturated heterocycles. The first kappa shape index (κ1) is 67.8. The van der Waals surface area contributed by atoms with E-state index in [9.17, 15) is 14.4 Å². The summed E-state index contributed by atoms with van der Waals surface area (Å²) < 4.78 is 16.9. The second-order valence-electron chi connectivity index (χ2n) is 20.2. The van der Waals surface area contributed by atoms with Crippen molar-refractivity contribution in [2.24, 2.45) is 0 Å². The van der Waals surface area contributed by atoms with Crippen LogP contribution in [0.4, 0.5) is 0 Å². The Morgan fingerprint density at radius 1 is 0.296 bits per heavy atom. The molecule has 0 radical (unpaired) electrons. The van der Waals surface area contributed by atoms with E-state index in [1.165, 1.54) is 141 Å². The fourth-order valence-electron chi connectivity index (χ4n) is 8.64. The monoisotopic (exact) mass is 991 g/mol. The number of unbranched alkanes of at least 4 members (excludes halogenated alkanes) is 32. The van der Waals surface area contributed by atoms with Crippen LogP contribution in [0.3, 0.4) is 0 Å². The molecule has 71 heavy (non-hydrogen) atoms. The van der Waals surface area contributed by atoms with Gasteiger partial charge in [0.05, 0.1) is 0 Å². The molecule has 0 saturated carbocycles. The number of allylic oxidation sites excluding steroid dienone is 12. The Balaban J connectivity index is 4.39. The van der Waals surface area contributed by atoms with Crippen molar-refractivity contribution in [2.45, 2.75) is 309 Å². The zero-order valence-electron chi connectivity index (χ0n) is 47.0. The third-order valence-corrected chi connectivity index (χ3v) is 13.2. The average molecular weight is 992 g/mol. The molecule has 0 spiro atoms. The summed E-state index contributed by atoms with van der Waals surface area (Å²) in [7, 11) is 0. The molecular weight excluding hydrogens is 877 g/mol. The smallest absolute Gasteiger partial charge is 0.306 e. The van der Waals surface area contributed by atoms with Crippen LogP contribution in [-0.4, -0.2) is 37.2 Å². The molecule has 6 heteroatoms. The molecule has 6 nitrogen and oxygen atoms in total. The summed E-state index contributed by atoms with van der Waals surface area (Å²) in [6.07, 6.45) is 76.1. The largest absolute Gasteiger partial charge is 0.462 e. The van der Waals surface area contributed by atoms with E-state index in [-0.39, 0.29) is 31.1 Å². The molecule has 0 aromatic carbocycles. The Bertz CT molecular complexity index is 1320. The fourth-order valence-corrected chi connectivity index (χ4v) is 8.64. The number of carbonyl (C=O) groups is 3. The van der Waals surface area contributed by atoms with Crippen molar-refractivity contribution < 1.29 is 28.6 Å². The van der Waals surface area contributed by atoms with E-state index in [1.807, 2.05) is 0 Å². The highest BCUT2D eigenvalue weighted by Crippen LogP contribution is 2.17. The van der Waals surface area contributed by atoms with Gasteiger partial charge in [-0.2, -0.15) is 0 Å². The van der Waals surface area contributed by atoms with Crippen molar-refractivity contribution in [1.82, 2.24) is 0 Å². The normalized spacial score (nSPS) is 12.5. The second-order valence-corrected chi connectivity index (χ2v) is 20.2. The molecule has 0 amide bonds. The Morgan fingerprint density at radius 2 is 0.549 bits per heavy atom. The zero-order valence-corrected chi connectivity index (χ0v) is 47.0. The van der Waals surface area contributed by atoms with Gasteiger partial charge in [-0.05, 0) is 89.9 Å². The number of rotatable bonds is 55. The van der Waals surface area contributed by atoms with E-state index in [4.69, 9.17) is 14.2 Å². The van der Waals surface area contributed by atoms with E-state index < -0.39 is 6.10 Å². The number of esters is 3. The van der Waals surface area contributed by atoms with Gasteiger partial charge in [-0.1, -0.05) is 267 Å². The maximum absolute atomic E-state index is 12.9. The molecule has 0 aliphatic rings. The second kappa shape index (κ2) is 59.4. The molecule has 0 fully saturated rings. The predicted octanol–water partition coefficient (Wildman–Crippen LogP) is 20.5. The van der Waals surface area contributed by atoms with Crippen molar-refractivity contribution in [3.63, 3.8) is 0 Å². The van der Waals surface area contributed by atoms with Crippen LogP contribution in [0.15, 0.2) is 72.9 Å². The first-order valence-corrected chi connectivity index (χ1v) is 30.4. The lowest BCUT2D eigenvalue weighted by atomic mass is 10.0. The Hall–Kier alpha value is -3.15. The molecule has 0 aliphatic heterocycles. The van der Waals surface area contributed by atoms with Gasteiger partial charge in [0.2, 0.25) is 0 Å². The van der Waals surface area contributed by atoms with E-state index >= 15 is 0 Å². The van der Waals surface area contributed by atoms with Crippen LogP contribution in [0.1, 0.15) is 303 Å². The predicted molar refractivity (Wildman–Crippen MR) is 307 cm³/mol. The molecule has 0 N–H and O–H groups in total. The average Bonchev–Trinajstić information content (AvgIpc) is 3.37. The van der Waals surface area contributed by atoms with Crippen LogP contribution in [0, 0.1) is 0 Å². The minimum Gasteiger partial charge on any atom is -0.462 e. The summed E-state index contributed by atoms with van der Waals surface area (Å²) in [5.41, 5.74) is 0. The molecule has 0 aromatic rings. The molecule has 1 atom stereocenters. The lowest BCUT2D eigenvalue weighted by Gasteiger charge is -2.18. The first-order valence-electron chi connectivity index (χ1n) is 30.4. The zero-order chi connectivity index (χ0) is 51.4. The highest BCUT2D eigenvalue weighted by Gasteiger charge is 2.19. The number of carbonyl (C=O) groups excluding carboxylic acids is 3. The topological polar surface area (TPSA) is 78.9 Å². The standard InChI is InChI=1S/C65H114O6/c1-4-7-10-13-16-19-22-25-28-30-31-32-33-35-38-41-44-47-50-53-56-59-65(68)71-62(60-69-63(66)57-54-51-48-45-42-39-36-27-24-21-18-15-12-9-6-3)61-70-64(67)58-55-52-49-46-43-40-37-34-29-26-23-20-17-14-11-8-5-2/h9,12,17-18,20-21,26-27,29,36-37,40,62H,4-8,10-11,13-16,19,22-25,28,30-35,38-39,41-61H2,1-3H3/b12-9-,20-17-,21-18-,29-26-,36-27-,40-37-/t62-/m1/s1. The van der Waals surface area contributed by atoms with Gasteiger partial charge in [0.1, 0.15) is 13.2 Å². The van der Waals surface area contributed by atoms with Gasteiger partial charge in [-0.15, -0.1) is 0 Å². The van der Waals surface area contributed by atoms with Crippen molar-refractivity contribution in [3.8, 4) is 0 Å². The maximum Gasteiger partial charge on any atom is 0.306 e. The first-order chi connectivity index (χ1) is 35.0. The Labute approximate surface area is 440 Å². The third kappa shape index (κ3) is 57.6. The molecule has 0 heterocycles. The number of hydrogen-bond donors (Lipinski definition) is 0. The van der Waals surface area contributed by atoms with E-state index in [0.29, 0.717) is 19.3 Å². The van der Waals surface area contributed by atoms with Crippen LogP contribution in [0.5, 0.6) is 0 Å². The van der Waals surface area contributed by atoms with Gasteiger partial charge in [-0.3, -0.25) is 14.4 Å². The van der Waals surface area contributed by atoms with Gasteiger partial charge >= 0.3 is 17.9 Å². The van der Waals surface area contributed by atoms with Gasteiger partial charge in [0, 0.05) is 19.3 Å². The van der Waals surface area contributed by atoms with Gasteiger partial charge in [0.15, 0.2) is 6.10 Å². The molecule has 410 valence electrons. The van der Waals surface area contributed by atoms with Crippen molar-refractivity contribution in [2.75, 3.05) is 13.2 Å². The van der Waals surface area contributed by atoms with Gasteiger partial charge < -0.3 is 14.2 Å². The summed E-state index contributed by atoms with van der Waals surface area (Å²) in [6, 6.07) is 0. The van der Waals surface area contributed by atoms with Crippen LogP contribution in [-0.2, 0) is 28.6 Å². The Morgan fingerprint density at radius 3 is 0.887 bits per heavy atom. The number of hydrogen-bond acceptors (Lipinski definition) is 6. The molecular formula is C65H114O6. The quantitative estimate of drug-likeness (QED) is 0.0261. The molecule has 0 aliphatic carbocycles. The lowest BCUT2D eigenvalue weighted by Crippen LogP contribution is -2.30. The summed E-state index contributed by atoms with van der Waals surface area (Å²) >= 11 is 0. The van der Waals surface area contributed by atoms with Crippen LogP contribution in [0.25, 0.3) is 0 Å². The highest BCUT2D eigenvalue weighted by atomic mass is 16.6. The van der Waals surface area contributed by atoms with Crippen LogP contribution in [0.2, 0.25) is 0 Å². The van der Waals surface area contributed by atoms with Crippen molar-refractivity contribution in [1.29, 1.82) is 0 Å². The number of ether oxygens (including phenoxy) is 3. The van der Waals surface area contributed by atoms with Gasteiger partial charge in [-0.25, -0.2) is 0 Å². The SMILES string of the molecule is CC/C=C\C/C=C\C/C=C\CCCCCCCC(=O)OC[C@H](COC(=O)CCCCCC/C=C\C/C=C\C/C=C\CCCCC)OC(=O)CCCCCCCCCCCCCCCCCCCCCCC. The van der Waals surface area contributed by atoms with Crippen molar-refractivity contribution >= 4 is 17.9 Å².